The molecule has 1 atom stereocenters. The van der Waals surface area contributed by atoms with Crippen molar-refractivity contribution in [2.24, 2.45) is 5.92 Å². The average molecular weight is 338 g/mol. The maximum atomic E-state index is 11.8. The van der Waals surface area contributed by atoms with Crippen molar-refractivity contribution in [3.05, 3.63) is 29.3 Å². The van der Waals surface area contributed by atoms with Crippen LogP contribution in [0.3, 0.4) is 0 Å². The average Bonchev–Trinajstić information content (AvgIpc) is 2.93. The second-order valence-corrected chi connectivity index (χ2v) is 5.59. The van der Waals surface area contributed by atoms with Crippen LogP contribution in [0.4, 0.5) is 0 Å². The maximum Gasteiger partial charge on any atom is 0.303 e. The first-order valence-corrected chi connectivity index (χ1v) is 7.34. The Hall–Kier alpha value is -2.48. The van der Waals surface area contributed by atoms with E-state index in [2.05, 4.69) is 20.7 Å². The first-order valence-electron chi connectivity index (χ1n) is 6.96. The van der Waals surface area contributed by atoms with Gasteiger partial charge in [-0.2, -0.15) is 4.80 Å². The molecule has 0 saturated carbocycles. The van der Waals surface area contributed by atoms with Crippen LogP contribution < -0.4 is 5.32 Å². The Morgan fingerprint density at radius 2 is 2.04 bits per heavy atom. The van der Waals surface area contributed by atoms with E-state index in [9.17, 15) is 9.59 Å². The predicted molar refractivity (Wildman–Crippen MR) is 82.7 cm³/mol. The number of aliphatic carboxylic acids is 1. The number of carbonyl (C=O) groups is 2. The molecule has 0 aliphatic carbocycles. The zero-order valence-electron chi connectivity index (χ0n) is 12.4. The molecule has 0 radical (unpaired) electrons. The Morgan fingerprint density at radius 1 is 1.35 bits per heavy atom. The van der Waals surface area contributed by atoms with Gasteiger partial charge in [0.05, 0.1) is 0 Å². The number of carboxylic acids is 1. The van der Waals surface area contributed by atoms with E-state index in [1.54, 1.807) is 31.2 Å². The quantitative estimate of drug-likeness (QED) is 0.786. The molecule has 1 unspecified atom stereocenters. The summed E-state index contributed by atoms with van der Waals surface area (Å²) >= 11 is 5.81. The van der Waals surface area contributed by atoms with Crippen molar-refractivity contribution in [1.82, 2.24) is 25.5 Å². The van der Waals surface area contributed by atoms with Crippen molar-refractivity contribution in [1.29, 1.82) is 0 Å². The number of amides is 1. The lowest BCUT2D eigenvalue weighted by atomic mass is 10.1. The molecular formula is C14H16ClN5O3. The Kier molecular flexibility index (Phi) is 5.64. The summed E-state index contributed by atoms with van der Waals surface area (Å²) in [5.41, 5.74) is 0.746. The lowest BCUT2D eigenvalue weighted by Gasteiger charge is -2.09. The number of hydrogen-bond donors (Lipinski definition) is 2. The summed E-state index contributed by atoms with van der Waals surface area (Å²) in [4.78, 5) is 23.5. The summed E-state index contributed by atoms with van der Waals surface area (Å²) in [6, 6.07) is 6.96. The summed E-state index contributed by atoms with van der Waals surface area (Å²) < 4.78 is 0. The minimum atomic E-state index is -0.891. The molecule has 1 amide bonds. The van der Waals surface area contributed by atoms with Crippen molar-refractivity contribution in [2.75, 3.05) is 6.54 Å². The molecule has 122 valence electrons. The van der Waals surface area contributed by atoms with E-state index in [1.165, 1.54) is 4.80 Å². The number of aromatic nitrogens is 4. The molecule has 0 aliphatic heterocycles. The molecule has 0 spiro atoms. The van der Waals surface area contributed by atoms with Crippen molar-refractivity contribution < 1.29 is 14.7 Å². The van der Waals surface area contributed by atoms with E-state index in [-0.39, 0.29) is 31.3 Å². The molecule has 0 saturated heterocycles. The zero-order chi connectivity index (χ0) is 16.8. The largest absolute Gasteiger partial charge is 0.481 e. The molecule has 1 heterocycles. The van der Waals surface area contributed by atoms with Crippen molar-refractivity contribution >= 4 is 23.5 Å². The number of hydrogen-bond acceptors (Lipinski definition) is 5. The molecule has 2 rings (SSSR count). The molecule has 2 N–H and O–H groups in total. The van der Waals surface area contributed by atoms with Crippen LogP contribution >= 0.6 is 11.6 Å². The number of nitrogens with zero attached hydrogens (tertiary/aromatic N) is 4. The minimum absolute atomic E-state index is 0.00255. The van der Waals surface area contributed by atoms with Crippen LogP contribution in [0.1, 0.15) is 13.3 Å². The summed E-state index contributed by atoms with van der Waals surface area (Å²) in [6.45, 7) is 1.95. The van der Waals surface area contributed by atoms with Crippen LogP contribution in [0.25, 0.3) is 11.4 Å². The van der Waals surface area contributed by atoms with Gasteiger partial charge in [0.2, 0.25) is 11.7 Å². The van der Waals surface area contributed by atoms with Crippen LogP contribution in [0.5, 0.6) is 0 Å². The van der Waals surface area contributed by atoms with E-state index in [0.29, 0.717) is 10.8 Å². The molecule has 0 aliphatic rings. The molecule has 0 bridgehead atoms. The number of carboxylic acid groups (broad SMARTS) is 1. The van der Waals surface area contributed by atoms with Crippen LogP contribution in [-0.2, 0) is 16.1 Å². The predicted octanol–water partition coefficient (Wildman–Crippen LogP) is 1.22. The van der Waals surface area contributed by atoms with Gasteiger partial charge in [0.25, 0.3) is 0 Å². The van der Waals surface area contributed by atoms with Crippen LogP contribution in [0.15, 0.2) is 24.3 Å². The monoisotopic (exact) mass is 337 g/mol. The highest BCUT2D eigenvalue weighted by atomic mass is 35.5. The molecule has 2 aromatic rings. The Morgan fingerprint density at radius 3 is 2.70 bits per heavy atom. The van der Waals surface area contributed by atoms with Gasteiger partial charge in [-0.15, -0.1) is 10.2 Å². The third-order valence-corrected chi connectivity index (χ3v) is 3.26. The molecule has 23 heavy (non-hydrogen) atoms. The highest BCUT2D eigenvalue weighted by molar-refractivity contribution is 6.30. The van der Waals surface area contributed by atoms with Gasteiger partial charge in [-0.25, -0.2) is 0 Å². The number of tetrazole rings is 1. The Bertz CT molecular complexity index is 686. The number of halogens is 1. The number of benzene rings is 1. The van der Waals surface area contributed by atoms with Gasteiger partial charge >= 0.3 is 5.97 Å². The SMILES string of the molecule is CC(CNC(=O)Cn1nnc(-c2ccc(Cl)cc2)n1)CC(=O)O. The van der Waals surface area contributed by atoms with Crippen LogP contribution in [0, 0.1) is 5.92 Å². The highest BCUT2D eigenvalue weighted by Gasteiger charge is 2.12. The minimum Gasteiger partial charge on any atom is -0.481 e. The van der Waals surface area contributed by atoms with Gasteiger partial charge in [-0.05, 0) is 35.4 Å². The van der Waals surface area contributed by atoms with E-state index in [1.807, 2.05) is 0 Å². The molecule has 1 aromatic heterocycles. The molecular weight excluding hydrogens is 322 g/mol. The summed E-state index contributed by atoms with van der Waals surface area (Å²) in [5.74, 6) is -0.946. The first kappa shape index (κ1) is 16.9. The van der Waals surface area contributed by atoms with Gasteiger partial charge in [0, 0.05) is 23.6 Å². The topological polar surface area (TPSA) is 110 Å². The van der Waals surface area contributed by atoms with E-state index >= 15 is 0 Å². The van der Waals surface area contributed by atoms with Crippen molar-refractivity contribution in [3.8, 4) is 11.4 Å². The lowest BCUT2D eigenvalue weighted by molar-refractivity contribution is -0.138. The highest BCUT2D eigenvalue weighted by Crippen LogP contribution is 2.16. The lowest BCUT2D eigenvalue weighted by Crippen LogP contribution is -2.32. The third-order valence-electron chi connectivity index (χ3n) is 3.01. The molecule has 1 aromatic carbocycles. The number of nitrogens with one attached hydrogen (secondary N) is 1. The second kappa shape index (κ2) is 7.68. The summed E-state index contributed by atoms with van der Waals surface area (Å²) in [6.07, 6.45) is 0.00255. The van der Waals surface area contributed by atoms with Gasteiger partial charge < -0.3 is 10.4 Å². The number of carbonyl (C=O) groups excluding carboxylic acids is 1. The Balaban J connectivity index is 1.87. The fourth-order valence-corrected chi connectivity index (χ4v) is 1.99. The van der Waals surface area contributed by atoms with E-state index in [0.717, 1.165) is 5.56 Å². The van der Waals surface area contributed by atoms with Gasteiger partial charge in [0.1, 0.15) is 6.54 Å². The maximum absolute atomic E-state index is 11.8. The molecule has 0 fully saturated rings. The van der Waals surface area contributed by atoms with Crippen molar-refractivity contribution in [3.63, 3.8) is 0 Å². The second-order valence-electron chi connectivity index (χ2n) is 5.16. The third kappa shape index (κ3) is 5.33. The van der Waals surface area contributed by atoms with Crippen LogP contribution in [0.2, 0.25) is 5.02 Å². The number of rotatable bonds is 7. The Labute approximate surface area is 137 Å². The van der Waals surface area contributed by atoms with Crippen LogP contribution in [-0.4, -0.2) is 43.7 Å². The van der Waals surface area contributed by atoms with Gasteiger partial charge in [0.15, 0.2) is 0 Å². The van der Waals surface area contributed by atoms with Gasteiger partial charge in [-0.1, -0.05) is 18.5 Å². The van der Waals surface area contributed by atoms with Gasteiger partial charge in [-0.3, -0.25) is 9.59 Å². The zero-order valence-corrected chi connectivity index (χ0v) is 13.2. The van der Waals surface area contributed by atoms with Crippen molar-refractivity contribution in [2.45, 2.75) is 19.9 Å². The first-order chi connectivity index (χ1) is 10.9. The van der Waals surface area contributed by atoms with E-state index < -0.39 is 5.97 Å². The fourth-order valence-electron chi connectivity index (χ4n) is 1.87. The molecule has 8 nitrogen and oxygen atoms in total. The molecule has 9 heteroatoms. The summed E-state index contributed by atoms with van der Waals surface area (Å²) in [5, 5.41) is 23.7. The normalized spacial score (nSPS) is 11.9. The van der Waals surface area contributed by atoms with E-state index in [4.69, 9.17) is 16.7 Å². The fraction of sp³-hybridized carbons (Fsp3) is 0.357. The standard InChI is InChI=1S/C14H16ClN5O3/c1-9(6-13(22)23)7-16-12(21)8-20-18-14(17-19-20)10-2-4-11(15)5-3-10/h2-5,9H,6-8H2,1H3,(H,16,21)(H,22,23). The smallest absolute Gasteiger partial charge is 0.303 e. The summed E-state index contributed by atoms with van der Waals surface area (Å²) in [7, 11) is 0.